The first-order valence-corrected chi connectivity index (χ1v) is 7.68. The molecule has 0 saturated carbocycles. The first-order valence-electron chi connectivity index (χ1n) is 7.68. The van der Waals surface area contributed by atoms with Crippen molar-refractivity contribution in [2.45, 2.75) is 58.7 Å². The number of piperidine rings is 1. The second kappa shape index (κ2) is 6.15. The van der Waals surface area contributed by atoms with Crippen LogP contribution in [0.4, 0.5) is 5.69 Å². The number of aryl methyl sites for hydroxylation is 1. The average molecular weight is 276 g/mol. The Balaban J connectivity index is 2.09. The lowest BCUT2D eigenvalue weighted by Gasteiger charge is -2.39. The molecule has 20 heavy (non-hydrogen) atoms. The van der Waals surface area contributed by atoms with Crippen LogP contribution in [-0.2, 0) is 6.54 Å². The van der Waals surface area contributed by atoms with Crippen LogP contribution in [0.2, 0.25) is 0 Å². The van der Waals surface area contributed by atoms with Gasteiger partial charge in [-0.1, -0.05) is 26.0 Å². The molecule has 1 atom stereocenters. The van der Waals surface area contributed by atoms with E-state index in [0.29, 0.717) is 6.04 Å². The van der Waals surface area contributed by atoms with Crippen LogP contribution in [0, 0.1) is 6.92 Å². The highest BCUT2D eigenvalue weighted by Gasteiger charge is 2.28. The smallest absolute Gasteiger partial charge is 0.0794 e. The van der Waals surface area contributed by atoms with Crippen LogP contribution in [0.25, 0.3) is 0 Å². The maximum atomic E-state index is 10.2. The molecular weight excluding hydrogens is 248 g/mol. The van der Waals surface area contributed by atoms with E-state index in [9.17, 15) is 5.11 Å². The molecule has 1 saturated heterocycles. The number of anilines is 1. The highest BCUT2D eigenvalue weighted by atomic mass is 16.3. The molecule has 1 aromatic carbocycles. The van der Waals surface area contributed by atoms with Gasteiger partial charge in [-0.25, -0.2) is 0 Å². The Morgan fingerprint density at radius 2 is 2.15 bits per heavy atom. The fourth-order valence-electron chi connectivity index (χ4n) is 2.93. The first-order chi connectivity index (χ1) is 9.37. The van der Waals surface area contributed by atoms with Gasteiger partial charge in [0.05, 0.1) is 5.60 Å². The Hall–Kier alpha value is -1.06. The summed E-state index contributed by atoms with van der Waals surface area (Å²) in [5.74, 6) is 0. The summed E-state index contributed by atoms with van der Waals surface area (Å²) >= 11 is 0. The summed E-state index contributed by atoms with van der Waals surface area (Å²) in [5.41, 5.74) is 3.33. The third kappa shape index (κ3) is 3.97. The first kappa shape index (κ1) is 15.3. The minimum atomic E-state index is -0.553. The van der Waals surface area contributed by atoms with Gasteiger partial charge in [0.25, 0.3) is 0 Å². The van der Waals surface area contributed by atoms with Crippen molar-refractivity contribution >= 4 is 5.69 Å². The SMILES string of the molecule is Cc1cc(CNC(C)C)ccc1N1CCCC(C)(O)C1. The zero-order valence-corrected chi connectivity index (χ0v) is 13.2. The largest absolute Gasteiger partial charge is 0.388 e. The maximum Gasteiger partial charge on any atom is 0.0794 e. The fraction of sp³-hybridized carbons (Fsp3) is 0.647. The van der Waals surface area contributed by atoms with Gasteiger partial charge >= 0.3 is 0 Å². The predicted octanol–water partition coefficient (Wildman–Crippen LogP) is 2.84. The number of rotatable bonds is 4. The van der Waals surface area contributed by atoms with Crippen LogP contribution in [0.1, 0.15) is 44.7 Å². The van der Waals surface area contributed by atoms with E-state index >= 15 is 0 Å². The van der Waals surface area contributed by atoms with E-state index in [4.69, 9.17) is 0 Å². The predicted molar refractivity (Wildman–Crippen MR) is 85.2 cm³/mol. The fourth-order valence-corrected chi connectivity index (χ4v) is 2.93. The molecule has 0 aliphatic carbocycles. The second-order valence-corrected chi connectivity index (χ2v) is 6.68. The van der Waals surface area contributed by atoms with Crippen molar-refractivity contribution in [2.24, 2.45) is 0 Å². The van der Waals surface area contributed by atoms with Crippen molar-refractivity contribution < 1.29 is 5.11 Å². The summed E-state index contributed by atoms with van der Waals surface area (Å²) in [4.78, 5) is 2.32. The molecule has 1 aromatic rings. The third-order valence-electron chi connectivity index (χ3n) is 3.99. The number of hydrogen-bond donors (Lipinski definition) is 2. The highest BCUT2D eigenvalue weighted by Crippen LogP contribution is 2.28. The molecule has 0 amide bonds. The molecule has 2 rings (SSSR count). The van der Waals surface area contributed by atoms with Gasteiger partial charge in [-0.3, -0.25) is 0 Å². The van der Waals surface area contributed by atoms with Crippen LogP contribution in [0.15, 0.2) is 18.2 Å². The van der Waals surface area contributed by atoms with E-state index in [-0.39, 0.29) is 0 Å². The van der Waals surface area contributed by atoms with E-state index in [2.05, 4.69) is 49.2 Å². The van der Waals surface area contributed by atoms with E-state index < -0.39 is 5.60 Å². The Morgan fingerprint density at radius 1 is 1.40 bits per heavy atom. The molecule has 2 N–H and O–H groups in total. The molecule has 3 heteroatoms. The maximum absolute atomic E-state index is 10.2. The lowest BCUT2D eigenvalue weighted by molar-refractivity contribution is 0.0449. The zero-order chi connectivity index (χ0) is 14.8. The van der Waals surface area contributed by atoms with Gasteiger partial charge in [0.15, 0.2) is 0 Å². The van der Waals surface area contributed by atoms with Gasteiger partial charge < -0.3 is 15.3 Å². The average Bonchev–Trinajstić information content (AvgIpc) is 2.35. The van der Waals surface area contributed by atoms with Crippen LogP contribution in [0.3, 0.4) is 0 Å². The Bertz CT molecular complexity index is 454. The van der Waals surface area contributed by atoms with Crippen LogP contribution >= 0.6 is 0 Å². The number of nitrogens with zero attached hydrogens (tertiary/aromatic N) is 1. The summed E-state index contributed by atoms with van der Waals surface area (Å²) in [5, 5.41) is 13.7. The van der Waals surface area contributed by atoms with Crippen molar-refractivity contribution in [2.75, 3.05) is 18.0 Å². The Kier molecular flexibility index (Phi) is 4.71. The molecule has 0 bridgehead atoms. The zero-order valence-electron chi connectivity index (χ0n) is 13.2. The monoisotopic (exact) mass is 276 g/mol. The second-order valence-electron chi connectivity index (χ2n) is 6.68. The van der Waals surface area contributed by atoms with Crippen molar-refractivity contribution in [3.63, 3.8) is 0 Å². The van der Waals surface area contributed by atoms with Gasteiger partial charge in [-0.15, -0.1) is 0 Å². The topological polar surface area (TPSA) is 35.5 Å². The molecule has 1 aliphatic rings. The summed E-state index contributed by atoms with van der Waals surface area (Å²) in [6.45, 7) is 11.1. The third-order valence-corrected chi connectivity index (χ3v) is 3.99. The summed E-state index contributed by atoms with van der Waals surface area (Å²) in [7, 11) is 0. The molecule has 1 unspecified atom stereocenters. The Labute approximate surface area is 123 Å². The molecule has 112 valence electrons. The number of aliphatic hydroxyl groups is 1. The molecule has 0 aromatic heterocycles. The molecule has 1 aliphatic heterocycles. The van der Waals surface area contributed by atoms with E-state index in [1.165, 1.54) is 16.8 Å². The number of nitrogens with one attached hydrogen (secondary N) is 1. The van der Waals surface area contributed by atoms with Crippen LogP contribution in [-0.4, -0.2) is 29.8 Å². The van der Waals surface area contributed by atoms with Gasteiger partial charge in [-0.05, 0) is 43.9 Å². The van der Waals surface area contributed by atoms with E-state index in [0.717, 1.165) is 32.5 Å². The van der Waals surface area contributed by atoms with Crippen molar-refractivity contribution in [1.29, 1.82) is 0 Å². The Morgan fingerprint density at radius 3 is 2.75 bits per heavy atom. The number of hydrogen-bond acceptors (Lipinski definition) is 3. The molecule has 3 nitrogen and oxygen atoms in total. The molecule has 0 spiro atoms. The minimum absolute atomic E-state index is 0.507. The van der Waals surface area contributed by atoms with Gasteiger partial charge in [-0.2, -0.15) is 0 Å². The minimum Gasteiger partial charge on any atom is -0.388 e. The molecule has 1 fully saturated rings. The normalized spacial score (nSPS) is 23.4. The molecule has 1 heterocycles. The van der Waals surface area contributed by atoms with Crippen LogP contribution in [0.5, 0.6) is 0 Å². The highest BCUT2D eigenvalue weighted by molar-refractivity contribution is 5.55. The van der Waals surface area contributed by atoms with Gasteiger partial charge in [0, 0.05) is 31.4 Å². The molecular formula is C17H28N2O. The summed E-state index contributed by atoms with van der Waals surface area (Å²) in [6, 6.07) is 7.16. The van der Waals surface area contributed by atoms with Crippen molar-refractivity contribution in [3.05, 3.63) is 29.3 Å². The summed E-state index contributed by atoms with van der Waals surface area (Å²) in [6.07, 6.45) is 1.96. The van der Waals surface area contributed by atoms with E-state index in [1.54, 1.807) is 0 Å². The lowest BCUT2D eigenvalue weighted by Crippen LogP contribution is -2.46. The quantitative estimate of drug-likeness (QED) is 0.887. The lowest BCUT2D eigenvalue weighted by atomic mass is 9.94. The molecule has 0 radical (unpaired) electrons. The number of β-amino-alcohol motifs (C(OH)–C–C–N with tert-alkyl or cyclic N) is 1. The van der Waals surface area contributed by atoms with E-state index in [1.807, 2.05) is 6.92 Å². The van der Waals surface area contributed by atoms with Gasteiger partial charge in [0.2, 0.25) is 0 Å². The van der Waals surface area contributed by atoms with Crippen LogP contribution < -0.4 is 10.2 Å². The summed E-state index contributed by atoms with van der Waals surface area (Å²) < 4.78 is 0. The standard InChI is InChI=1S/C17H28N2O/c1-13(2)18-11-15-6-7-16(14(3)10-15)19-9-5-8-17(4,20)12-19/h6-7,10,13,18,20H,5,8-9,11-12H2,1-4H3. The number of benzene rings is 1. The van der Waals surface area contributed by atoms with Crippen molar-refractivity contribution in [3.8, 4) is 0 Å². The van der Waals surface area contributed by atoms with Gasteiger partial charge in [0.1, 0.15) is 0 Å². The van der Waals surface area contributed by atoms with Crippen molar-refractivity contribution in [1.82, 2.24) is 5.32 Å².